The van der Waals surface area contributed by atoms with Crippen molar-refractivity contribution in [2.24, 2.45) is 13.0 Å². The number of aromatic nitrogens is 1. The molecule has 0 radical (unpaired) electrons. The maximum absolute atomic E-state index is 13.4. The highest BCUT2D eigenvalue weighted by Gasteiger charge is 2.20. The van der Waals surface area contributed by atoms with E-state index in [2.05, 4.69) is 67.7 Å². The molecule has 1 aliphatic heterocycles. The number of carbonyl (C=O) groups excluding carboxylic acids is 2. The Balaban J connectivity index is 1.55. The van der Waals surface area contributed by atoms with Crippen LogP contribution in [0.3, 0.4) is 0 Å². The van der Waals surface area contributed by atoms with E-state index < -0.39 is 0 Å². The van der Waals surface area contributed by atoms with Gasteiger partial charge in [-0.1, -0.05) is 45.2 Å². The Kier molecular flexibility index (Phi) is 10.7. The van der Waals surface area contributed by atoms with E-state index in [1.54, 1.807) is 6.92 Å². The van der Waals surface area contributed by atoms with E-state index in [0.717, 1.165) is 63.1 Å². The van der Waals surface area contributed by atoms with Crippen molar-refractivity contribution in [1.29, 1.82) is 0 Å². The number of hydrogen-bond acceptors (Lipinski definition) is 3. The molecule has 1 aliphatic rings. The van der Waals surface area contributed by atoms with Gasteiger partial charge in [-0.2, -0.15) is 0 Å². The Morgan fingerprint density at radius 1 is 0.951 bits per heavy atom. The molecule has 0 saturated heterocycles. The van der Waals surface area contributed by atoms with Crippen molar-refractivity contribution in [2.45, 2.75) is 86.1 Å². The van der Waals surface area contributed by atoms with Crippen LogP contribution in [0, 0.1) is 19.8 Å². The molecule has 222 valence electrons. The normalized spacial score (nSPS) is 15.4. The van der Waals surface area contributed by atoms with E-state index in [9.17, 15) is 9.59 Å². The molecule has 4 rings (SSSR count). The lowest BCUT2D eigenvalue weighted by Gasteiger charge is -2.29. The van der Waals surface area contributed by atoms with Crippen molar-refractivity contribution in [3.63, 3.8) is 0 Å². The molecule has 6 nitrogen and oxygen atoms in total. The van der Waals surface area contributed by atoms with E-state index in [1.165, 1.54) is 47.0 Å². The van der Waals surface area contributed by atoms with Crippen molar-refractivity contribution < 1.29 is 9.59 Å². The number of amides is 2. The topological polar surface area (TPSA) is 57.6 Å². The summed E-state index contributed by atoms with van der Waals surface area (Å²) >= 11 is 0. The first-order chi connectivity index (χ1) is 19.7. The minimum atomic E-state index is -0.0595. The minimum absolute atomic E-state index is 0.0595. The molecule has 2 heterocycles. The van der Waals surface area contributed by atoms with Crippen LogP contribution in [0.15, 0.2) is 36.4 Å². The number of fused-ring (bicyclic) bond motifs is 2. The van der Waals surface area contributed by atoms with Gasteiger partial charge in [-0.15, -0.1) is 0 Å². The SMILES string of the molecule is CC(=O)N1CCCCCCCN(CCC(C)C)Cc2cc(C(=O)NCCc3c(C)n(C)c4cc(C)ccc34)ccc21. The van der Waals surface area contributed by atoms with E-state index in [-0.39, 0.29) is 11.8 Å². The number of anilines is 1. The quantitative estimate of drug-likeness (QED) is 0.342. The lowest BCUT2D eigenvalue weighted by atomic mass is 10.0. The van der Waals surface area contributed by atoms with Crippen molar-refractivity contribution in [3.05, 3.63) is 64.3 Å². The molecule has 41 heavy (non-hydrogen) atoms. The van der Waals surface area contributed by atoms with Crippen LogP contribution in [0.5, 0.6) is 0 Å². The summed E-state index contributed by atoms with van der Waals surface area (Å²) in [5.41, 5.74) is 7.70. The second-order valence-corrected chi connectivity index (χ2v) is 12.4. The molecular weight excluding hydrogens is 508 g/mol. The molecule has 0 spiro atoms. The summed E-state index contributed by atoms with van der Waals surface area (Å²) in [7, 11) is 2.11. The average Bonchev–Trinajstić information content (AvgIpc) is 3.16. The second-order valence-electron chi connectivity index (χ2n) is 12.4. The molecule has 1 aromatic heterocycles. The third kappa shape index (κ3) is 7.79. The molecule has 0 saturated carbocycles. The zero-order valence-corrected chi connectivity index (χ0v) is 26.2. The monoisotopic (exact) mass is 558 g/mol. The third-order valence-corrected chi connectivity index (χ3v) is 8.73. The number of nitrogens with zero attached hydrogens (tertiary/aromatic N) is 3. The number of rotatable bonds is 7. The molecule has 0 atom stereocenters. The number of aryl methyl sites for hydroxylation is 2. The zero-order valence-electron chi connectivity index (χ0n) is 26.2. The lowest BCUT2D eigenvalue weighted by Crippen LogP contribution is -2.33. The maximum atomic E-state index is 13.4. The summed E-state index contributed by atoms with van der Waals surface area (Å²) in [4.78, 5) is 30.6. The Labute approximate surface area is 247 Å². The highest BCUT2D eigenvalue weighted by atomic mass is 16.2. The van der Waals surface area contributed by atoms with Gasteiger partial charge in [0.15, 0.2) is 0 Å². The van der Waals surface area contributed by atoms with Crippen molar-refractivity contribution >= 4 is 28.4 Å². The standard InChI is InChI=1S/C35H50N4O2/c1-25(2)17-21-38-19-10-8-7-9-11-20-39(28(5)40)33-15-13-29(23-30(33)24-38)35(41)36-18-16-31-27(4)37(6)34-22-26(3)12-14-32(31)34/h12-15,22-23,25H,7-11,16-21,24H2,1-6H3,(H,36,41). The van der Waals surface area contributed by atoms with Gasteiger partial charge in [0.25, 0.3) is 5.91 Å². The van der Waals surface area contributed by atoms with Crippen molar-refractivity contribution in [1.82, 2.24) is 14.8 Å². The predicted octanol–water partition coefficient (Wildman–Crippen LogP) is 6.93. The van der Waals surface area contributed by atoms with Gasteiger partial charge in [-0.25, -0.2) is 0 Å². The average molecular weight is 559 g/mol. The zero-order chi connectivity index (χ0) is 29.5. The first-order valence-electron chi connectivity index (χ1n) is 15.6. The van der Waals surface area contributed by atoms with Crippen LogP contribution < -0.4 is 10.2 Å². The van der Waals surface area contributed by atoms with Crippen molar-refractivity contribution in [3.8, 4) is 0 Å². The fourth-order valence-corrected chi connectivity index (χ4v) is 6.12. The fraction of sp³-hybridized carbons (Fsp3) is 0.543. The first-order valence-corrected chi connectivity index (χ1v) is 15.6. The number of benzene rings is 2. The molecule has 6 heteroatoms. The van der Waals surface area contributed by atoms with Crippen molar-refractivity contribution in [2.75, 3.05) is 31.1 Å². The van der Waals surface area contributed by atoms with Gasteiger partial charge in [0.05, 0.1) is 0 Å². The Morgan fingerprint density at radius 2 is 1.68 bits per heavy atom. The Bertz CT molecular complexity index is 1360. The molecule has 1 N–H and O–H groups in total. The van der Waals surface area contributed by atoms with Crippen LogP contribution >= 0.6 is 0 Å². The minimum Gasteiger partial charge on any atom is -0.352 e. The van der Waals surface area contributed by atoms with E-state index in [1.807, 2.05) is 23.1 Å². The van der Waals surface area contributed by atoms with Gasteiger partial charge in [-0.05, 0) is 99.5 Å². The number of carbonyl (C=O) groups is 2. The second kappa shape index (κ2) is 14.2. The molecule has 0 unspecified atom stereocenters. The van der Waals surface area contributed by atoms with Gasteiger partial charge in [0.2, 0.25) is 5.91 Å². The summed E-state index contributed by atoms with van der Waals surface area (Å²) in [6, 6.07) is 12.5. The predicted molar refractivity (Wildman–Crippen MR) is 171 cm³/mol. The van der Waals surface area contributed by atoms with E-state index in [0.29, 0.717) is 18.0 Å². The third-order valence-electron chi connectivity index (χ3n) is 8.73. The van der Waals surface area contributed by atoms with Gasteiger partial charge in [0.1, 0.15) is 0 Å². The van der Waals surface area contributed by atoms with Gasteiger partial charge in [0, 0.05) is 61.5 Å². The fourth-order valence-electron chi connectivity index (χ4n) is 6.12. The summed E-state index contributed by atoms with van der Waals surface area (Å²) < 4.78 is 2.25. The molecular formula is C35H50N4O2. The molecule has 0 bridgehead atoms. The van der Waals surface area contributed by atoms with Crippen LogP contribution in [0.1, 0.15) is 92.0 Å². The van der Waals surface area contributed by atoms with Crippen LogP contribution in [0.25, 0.3) is 10.9 Å². The molecule has 2 amide bonds. The Morgan fingerprint density at radius 3 is 2.41 bits per heavy atom. The van der Waals surface area contributed by atoms with Crippen LogP contribution in [-0.2, 0) is 24.8 Å². The molecule has 3 aromatic rings. The maximum Gasteiger partial charge on any atom is 0.251 e. The number of nitrogens with one attached hydrogen (secondary N) is 1. The van der Waals surface area contributed by atoms with Crippen LogP contribution in [0.4, 0.5) is 5.69 Å². The highest BCUT2D eigenvalue weighted by Crippen LogP contribution is 2.28. The van der Waals surface area contributed by atoms with Gasteiger partial charge in [-0.3, -0.25) is 14.5 Å². The van der Waals surface area contributed by atoms with E-state index in [4.69, 9.17) is 0 Å². The van der Waals surface area contributed by atoms with E-state index >= 15 is 0 Å². The molecule has 2 aromatic carbocycles. The summed E-state index contributed by atoms with van der Waals surface area (Å²) in [5, 5.41) is 4.44. The summed E-state index contributed by atoms with van der Waals surface area (Å²) in [6.45, 7) is 14.6. The smallest absolute Gasteiger partial charge is 0.251 e. The lowest BCUT2D eigenvalue weighted by molar-refractivity contribution is -0.116. The van der Waals surface area contributed by atoms with Crippen LogP contribution in [-0.4, -0.2) is 47.5 Å². The largest absolute Gasteiger partial charge is 0.352 e. The Hall–Kier alpha value is -3.12. The molecule has 0 fully saturated rings. The summed E-state index contributed by atoms with van der Waals surface area (Å²) in [6.07, 6.45) is 7.70. The van der Waals surface area contributed by atoms with Gasteiger partial charge >= 0.3 is 0 Å². The first kappa shape index (κ1) is 30.8. The number of hydrogen-bond donors (Lipinski definition) is 1. The highest BCUT2D eigenvalue weighted by molar-refractivity contribution is 5.97. The molecule has 0 aliphatic carbocycles. The van der Waals surface area contributed by atoms with Crippen LogP contribution in [0.2, 0.25) is 0 Å². The van der Waals surface area contributed by atoms with Gasteiger partial charge < -0.3 is 14.8 Å². The summed E-state index contributed by atoms with van der Waals surface area (Å²) in [5.74, 6) is 0.640.